The summed E-state index contributed by atoms with van der Waals surface area (Å²) in [6.45, 7) is 7.82. The molecule has 2 unspecified atom stereocenters. The highest BCUT2D eigenvalue weighted by Crippen LogP contribution is 2.33. The number of anilines is 1. The maximum atomic E-state index is 4.98. The number of aromatic nitrogens is 1. The molecule has 0 spiro atoms. The Morgan fingerprint density at radius 1 is 1.43 bits per heavy atom. The second-order valence-corrected chi connectivity index (χ2v) is 8.16. The van der Waals surface area contributed by atoms with E-state index in [-0.39, 0.29) is 0 Å². The fraction of sp³-hybridized carbons (Fsp3) is 0.812. The highest BCUT2D eigenvalue weighted by Gasteiger charge is 2.24. The Morgan fingerprint density at radius 2 is 2.14 bits per heavy atom. The maximum absolute atomic E-state index is 4.98. The summed E-state index contributed by atoms with van der Waals surface area (Å²) >= 11 is 3.78. The Hall–Kier alpha value is -0.260. The normalized spacial score (nSPS) is 17.8. The minimum absolute atomic E-state index is 0.528. The summed E-state index contributed by atoms with van der Waals surface area (Å²) in [6.07, 6.45) is 6.01. The lowest BCUT2D eigenvalue weighted by atomic mass is 10.0. The highest BCUT2D eigenvalue weighted by molar-refractivity contribution is 7.98. The van der Waals surface area contributed by atoms with Crippen molar-refractivity contribution in [2.45, 2.75) is 64.6 Å². The first-order chi connectivity index (χ1) is 10.1. The van der Waals surface area contributed by atoms with Gasteiger partial charge in [-0.3, -0.25) is 0 Å². The molecule has 1 aromatic heterocycles. The fourth-order valence-corrected chi connectivity index (χ4v) is 4.17. The molecule has 0 aliphatic heterocycles. The number of thiazole rings is 1. The van der Waals surface area contributed by atoms with Crippen LogP contribution in [0.1, 0.15) is 56.5 Å². The summed E-state index contributed by atoms with van der Waals surface area (Å²) in [7, 11) is 2.18. The van der Waals surface area contributed by atoms with E-state index >= 15 is 0 Å². The molecule has 120 valence electrons. The van der Waals surface area contributed by atoms with Gasteiger partial charge >= 0.3 is 0 Å². The van der Waals surface area contributed by atoms with Crippen molar-refractivity contribution < 1.29 is 0 Å². The Balaban J connectivity index is 2.13. The molecule has 0 saturated heterocycles. The molecule has 1 N–H and O–H groups in total. The monoisotopic (exact) mass is 327 g/mol. The molecular weight excluding hydrogens is 298 g/mol. The van der Waals surface area contributed by atoms with Gasteiger partial charge in [0.15, 0.2) is 5.13 Å². The first kappa shape index (κ1) is 17.1. The minimum atomic E-state index is 0.528. The first-order valence-corrected chi connectivity index (χ1v) is 10.2. The van der Waals surface area contributed by atoms with Gasteiger partial charge in [0.2, 0.25) is 0 Å². The van der Waals surface area contributed by atoms with Crippen LogP contribution in [-0.2, 0) is 6.54 Å². The summed E-state index contributed by atoms with van der Waals surface area (Å²) in [5, 5.41) is 4.83. The van der Waals surface area contributed by atoms with Crippen LogP contribution in [0.2, 0.25) is 0 Å². The van der Waals surface area contributed by atoms with Crippen LogP contribution in [0.15, 0.2) is 0 Å². The third kappa shape index (κ3) is 4.60. The first-order valence-electron chi connectivity index (χ1n) is 8.01. The van der Waals surface area contributed by atoms with Crippen LogP contribution in [0.3, 0.4) is 0 Å². The van der Waals surface area contributed by atoms with Gasteiger partial charge < -0.3 is 10.2 Å². The quantitative estimate of drug-likeness (QED) is 0.739. The van der Waals surface area contributed by atoms with Crippen LogP contribution in [0.25, 0.3) is 0 Å². The second kappa shape index (κ2) is 7.84. The number of hydrogen-bond donors (Lipinski definition) is 1. The van der Waals surface area contributed by atoms with Gasteiger partial charge in [0.25, 0.3) is 0 Å². The van der Waals surface area contributed by atoms with E-state index in [0.717, 1.165) is 24.8 Å². The number of nitrogens with zero attached hydrogens (tertiary/aromatic N) is 2. The number of rotatable bonds is 9. The molecule has 0 radical (unpaired) electrons. The van der Waals surface area contributed by atoms with Gasteiger partial charge in [0.05, 0.1) is 5.69 Å². The second-order valence-electron chi connectivity index (χ2n) is 6.18. The van der Waals surface area contributed by atoms with E-state index in [2.05, 4.69) is 44.3 Å². The average molecular weight is 328 g/mol. The molecule has 1 aliphatic rings. The minimum Gasteiger partial charge on any atom is -0.348 e. The van der Waals surface area contributed by atoms with Gasteiger partial charge in [0, 0.05) is 36.3 Å². The van der Waals surface area contributed by atoms with E-state index in [4.69, 9.17) is 4.98 Å². The molecule has 21 heavy (non-hydrogen) atoms. The summed E-state index contributed by atoms with van der Waals surface area (Å²) in [5.41, 5.74) is 1.31. The zero-order valence-corrected chi connectivity index (χ0v) is 15.6. The SMILES string of the molecule is CCC(C)c1nc(N(C)C(C)CSC)sc1CNC1CC1. The molecule has 1 aliphatic carbocycles. The van der Waals surface area contributed by atoms with Crippen molar-refractivity contribution in [3.63, 3.8) is 0 Å². The van der Waals surface area contributed by atoms with Crippen LogP contribution in [-0.4, -0.2) is 36.1 Å². The summed E-state index contributed by atoms with van der Waals surface area (Å²) < 4.78 is 0. The van der Waals surface area contributed by atoms with E-state index in [1.165, 1.54) is 28.5 Å². The lowest BCUT2D eigenvalue weighted by Gasteiger charge is -2.23. The fourth-order valence-electron chi connectivity index (χ4n) is 2.27. The van der Waals surface area contributed by atoms with Crippen molar-refractivity contribution in [3.05, 3.63) is 10.6 Å². The van der Waals surface area contributed by atoms with Crippen molar-refractivity contribution in [1.29, 1.82) is 0 Å². The van der Waals surface area contributed by atoms with E-state index in [9.17, 15) is 0 Å². The molecule has 3 nitrogen and oxygen atoms in total. The Kier molecular flexibility index (Phi) is 6.38. The lowest BCUT2D eigenvalue weighted by Crippen LogP contribution is -2.30. The topological polar surface area (TPSA) is 28.2 Å². The van der Waals surface area contributed by atoms with Gasteiger partial charge in [0.1, 0.15) is 0 Å². The van der Waals surface area contributed by atoms with Gasteiger partial charge in [-0.2, -0.15) is 11.8 Å². The molecular formula is C16H29N3S2. The van der Waals surface area contributed by atoms with E-state index < -0.39 is 0 Å². The number of nitrogens with one attached hydrogen (secondary N) is 1. The van der Waals surface area contributed by atoms with Crippen molar-refractivity contribution in [2.24, 2.45) is 0 Å². The van der Waals surface area contributed by atoms with Crippen LogP contribution < -0.4 is 10.2 Å². The molecule has 5 heteroatoms. The highest BCUT2D eigenvalue weighted by atomic mass is 32.2. The van der Waals surface area contributed by atoms with Crippen molar-refractivity contribution in [1.82, 2.24) is 10.3 Å². The van der Waals surface area contributed by atoms with Gasteiger partial charge in [-0.15, -0.1) is 11.3 Å². The molecule has 0 amide bonds. The molecule has 0 bridgehead atoms. The Labute approximate surface area is 137 Å². The molecule has 2 rings (SSSR count). The zero-order chi connectivity index (χ0) is 15.4. The summed E-state index contributed by atoms with van der Waals surface area (Å²) in [6, 6.07) is 1.29. The summed E-state index contributed by atoms with van der Waals surface area (Å²) in [5.74, 6) is 1.69. The smallest absolute Gasteiger partial charge is 0.185 e. The van der Waals surface area contributed by atoms with E-state index in [1.54, 1.807) is 0 Å². The van der Waals surface area contributed by atoms with Gasteiger partial charge in [-0.05, 0) is 38.4 Å². The number of hydrogen-bond acceptors (Lipinski definition) is 5. The lowest BCUT2D eigenvalue weighted by molar-refractivity contribution is 0.659. The number of thioether (sulfide) groups is 1. The molecule has 1 heterocycles. The molecule has 1 saturated carbocycles. The predicted octanol–water partition coefficient (Wildman–Crippen LogP) is 4.10. The zero-order valence-electron chi connectivity index (χ0n) is 14.0. The van der Waals surface area contributed by atoms with E-state index in [1.807, 2.05) is 23.1 Å². The van der Waals surface area contributed by atoms with Crippen LogP contribution in [0.5, 0.6) is 0 Å². The summed E-state index contributed by atoms with van der Waals surface area (Å²) in [4.78, 5) is 8.76. The molecule has 1 aromatic rings. The van der Waals surface area contributed by atoms with Crippen LogP contribution in [0.4, 0.5) is 5.13 Å². The van der Waals surface area contributed by atoms with Crippen molar-refractivity contribution >= 4 is 28.2 Å². The standard InChI is InChI=1S/C16H29N3S2/c1-6-11(2)15-14(9-17-13-7-8-13)21-16(18-15)19(4)12(3)10-20-5/h11-13,17H,6-10H2,1-5H3. The van der Waals surface area contributed by atoms with Gasteiger partial charge in [-0.25, -0.2) is 4.98 Å². The van der Waals surface area contributed by atoms with E-state index in [0.29, 0.717) is 12.0 Å². The largest absolute Gasteiger partial charge is 0.348 e. The Bertz CT molecular complexity index is 443. The van der Waals surface area contributed by atoms with Crippen molar-refractivity contribution in [3.8, 4) is 0 Å². The maximum Gasteiger partial charge on any atom is 0.185 e. The van der Waals surface area contributed by atoms with Gasteiger partial charge in [-0.1, -0.05) is 13.8 Å². The van der Waals surface area contributed by atoms with Crippen molar-refractivity contribution in [2.75, 3.05) is 24.0 Å². The predicted molar refractivity (Wildman–Crippen MR) is 96.9 cm³/mol. The van der Waals surface area contributed by atoms with Crippen LogP contribution >= 0.6 is 23.1 Å². The third-order valence-corrected chi connectivity index (χ3v) is 6.27. The third-order valence-electron chi connectivity index (χ3n) is 4.29. The Morgan fingerprint density at radius 3 is 2.71 bits per heavy atom. The molecule has 1 fully saturated rings. The van der Waals surface area contributed by atoms with Crippen LogP contribution in [0, 0.1) is 0 Å². The average Bonchev–Trinajstić information content (AvgIpc) is 3.22. The molecule has 2 atom stereocenters. The molecule has 0 aromatic carbocycles.